The molecule has 1 aromatic carbocycles. The molecular weight excluding hydrogens is 267 g/mol. The summed E-state index contributed by atoms with van der Waals surface area (Å²) in [5, 5.41) is 0. The first-order valence-electron chi connectivity index (χ1n) is 5.45. The highest BCUT2D eigenvalue weighted by Crippen LogP contribution is 2.32. The zero-order chi connectivity index (χ0) is 14.7. The van der Waals surface area contributed by atoms with Gasteiger partial charge in [0, 0.05) is 0 Å². The molecule has 0 aliphatic heterocycles. The average molecular weight is 278 g/mol. The zero-order valence-electron chi connectivity index (χ0n) is 10.5. The van der Waals surface area contributed by atoms with E-state index in [0.29, 0.717) is 0 Å². The molecule has 0 radical (unpaired) electrons. The first-order chi connectivity index (χ1) is 9.54. The number of ether oxygens (including phenoxy) is 2. The molecule has 1 amide bonds. The monoisotopic (exact) mass is 278 g/mol. The molecule has 0 bridgehead atoms. The first kappa shape index (κ1) is 13.5. The number of rotatable bonds is 4. The summed E-state index contributed by atoms with van der Waals surface area (Å²) in [4.78, 5) is 18.8. The molecular formula is C12H11FN4O3. The van der Waals surface area contributed by atoms with E-state index in [2.05, 4.69) is 9.97 Å². The van der Waals surface area contributed by atoms with Crippen LogP contribution in [0.2, 0.25) is 0 Å². The van der Waals surface area contributed by atoms with E-state index >= 15 is 0 Å². The number of methoxy groups -OCH3 is 1. The number of nitrogens with zero attached hydrogens (tertiary/aromatic N) is 2. The van der Waals surface area contributed by atoms with Gasteiger partial charge in [-0.05, 0) is 12.1 Å². The van der Waals surface area contributed by atoms with Crippen LogP contribution in [0, 0.1) is 5.82 Å². The number of aromatic nitrogens is 2. The molecule has 0 aliphatic rings. The van der Waals surface area contributed by atoms with Crippen LogP contribution in [0.4, 0.5) is 10.1 Å². The quantitative estimate of drug-likeness (QED) is 0.865. The van der Waals surface area contributed by atoms with Crippen molar-refractivity contribution in [1.29, 1.82) is 0 Å². The maximum absolute atomic E-state index is 13.6. The minimum atomic E-state index is -0.960. The summed E-state index contributed by atoms with van der Waals surface area (Å²) < 4.78 is 23.8. The van der Waals surface area contributed by atoms with Crippen molar-refractivity contribution in [3.05, 3.63) is 35.9 Å². The first-order valence-corrected chi connectivity index (χ1v) is 5.45. The maximum atomic E-state index is 13.6. The van der Waals surface area contributed by atoms with Crippen molar-refractivity contribution in [2.24, 2.45) is 5.73 Å². The lowest BCUT2D eigenvalue weighted by Crippen LogP contribution is -2.14. The van der Waals surface area contributed by atoms with Gasteiger partial charge in [-0.3, -0.25) is 4.79 Å². The zero-order valence-corrected chi connectivity index (χ0v) is 10.5. The van der Waals surface area contributed by atoms with Gasteiger partial charge in [0.25, 0.3) is 5.91 Å². The Balaban J connectivity index is 2.46. The lowest BCUT2D eigenvalue weighted by Gasteiger charge is -2.11. The van der Waals surface area contributed by atoms with Gasteiger partial charge >= 0.3 is 0 Å². The Bertz CT molecular complexity index is 663. The predicted molar refractivity (Wildman–Crippen MR) is 68.0 cm³/mol. The van der Waals surface area contributed by atoms with Crippen molar-refractivity contribution in [3.63, 3.8) is 0 Å². The number of benzene rings is 1. The largest absolute Gasteiger partial charge is 0.479 e. The van der Waals surface area contributed by atoms with Gasteiger partial charge in [-0.15, -0.1) is 0 Å². The number of anilines is 1. The summed E-state index contributed by atoms with van der Waals surface area (Å²) in [5.41, 5.74) is 10.5. The number of carbonyl (C=O) groups excluding carboxylic acids is 1. The van der Waals surface area contributed by atoms with Crippen molar-refractivity contribution in [2.75, 3.05) is 12.8 Å². The normalized spacial score (nSPS) is 10.1. The molecule has 1 heterocycles. The third-order valence-corrected chi connectivity index (χ3v) is 2.43. The van der Waals surface area contributed by atoms with Crippen molar-refractivity contribution in [2.45, 2.75) is 0 Å². The highest BCUT2D eigenvalue weighted by molar-refractivity contribution is 5.96. The summed E-state index contributed by atoms with van der Waals surface area (Å²) in [6.07, 6.45) is 1.16. The number of carbonyl (C=O) groups is 1. The Labute approximate surface area is 113 Å². The number of primary amides is 1. The van der Waals surface area contributed by atoms with E-state index in [1.165, 1.54) is 19.2 Å². The van der Waals surface area contributed by atoms with Gasteiger partial charge in [0.15, 0.2) is 5.69 Å². The Morgan fingerprint density at radius 1 is 1.30 bits per heavy atom. The van der Waals surface area contributed by atoms with Gasteiger partial charge in [-0.25, -0.2) is 4.39 Å². The van der Waals surface area contributed by atoms with Gasteiger partial charge < -0.3 is 20.9 Å². The Kier molecular flexibility index (Phi) is 3.65. The lowest BCUT2D eigenvalue weighted by atomic mass is 10.2. The third kappa shape index (κ3) is 2.44. The number of nitrogens with two attached hydrogens (primary N) is 2. The summed E-state index contributed by atoms with van der Waals surface area (Å²) in [5.74, 6) is -1.81. The van der Waals surface area contributed by atoms with Crippen LogP contribution in [0.25, 0.3) is 0 Å². The van der Waals surface area contributed by atoms with Crippen LogP contribution in [0.15, 0.2) is 24.5 Å². The van der Waals surface area contributed by atoms with Crippen LogP contribution < -0.4 is 20.9 Å². The second kappa shape index (κ2) is 5.39. The van der Waals surface area contributed by atoms with Crippen LogP contribution in [-0.4, -0.2) is 23.0 Å². The highest BCUT2D eigenvalue weighted by atomic mass is 19.1. The van der Waals surface area contributed by atoms with Crippen molar-refractivity contribution < 1.29 is 18.7 Å². The molecule has 104 valence electrons. The highest BCUT2D eigenvalue weighted by Gasteiger charge is 2.18. The number of amides is 1. The molecule has 20 heavy (non-hydrogen) atoms. The molecule has 8 heteroatoms. The van der Waals surface area contributed by atoms with Crippen molar-refractivity contribution in [1.82, 2.24) is 9.97 Å². The second-order valence-electron chi connectivity index (χ2n) is 3.68. The molecule has 1 aromatic heterocycles. The summed E-state index contributed by atoms with van der Waals surface area (Å²) in [7, 11) is 1.37. The third-order valence-electron chi connectivity index (χ3n) is 2.43. The van der Waals surface area contributed by atoms with Crippen LogP contribution in [0.3, 0.4) is 0 Å². The van der Waals surface area contributed by atoms with Crippen LogP contribution in [0.1, 0.15) is 10.4 Å². The number of hydrogen-bond acceptors (Lipinski definition) is 6. The van der Waals surface area contributed by atoms with Crippen molar-refractivity contribution in [3.8, 4) is 17.5 Å². The van der Waals surface area contributed by atoms with E-state index in [4.69, 9.17) is 20.9 Å². The minimum absolute atomic E-state index is 0.0229. The molecule has 0 unspecified atom stereocenters. The number of halogens is 1. The lowest BCUT2D eigenvalue weighted by molar-refractivity contribution is 0.0994. The standard InChI is InChI=1S/C12H11FN4O3/c1-19-11-9(14)12(17-5-16-11)20-7-4-2-3-6(13)8(7)10(15)18/h2-5H,14H2,1H3,(H2,15,18). The fourth-order valence-corrected chi connectivity index (χ4v) is 1.54. The van der Waals surface area contributed by atoms with E-state index in [1.54, 1.807) is 0 Å². The summed E-state index contributed by atoms with van der Waals surface area (Å²) in [6, 6.07) is 3.83. The van der Waals surface area contributed by atoms with Crippen LogP contribution in [0.5, 0.6) is 17.5 Å². The molecule has 2 aromatic rings. The minimum Gasteiger partial charge on any atom is -0.479 e. The maximum Gasteiger partial charge on any atom is 0.255 e. The molecule has 0 saturated heterocycles. The van der Waals surface area contributed by atoms with Crippen LogP contribution >= 0.6 is 0 Å². The van der Waals surface area contributed by atoms with Gasteiger partial charge in [0.1, 0.15) is 23.5 Å². The smallest absolute Gasteiger partial charge is 0.255 e. The summed E-state index contributed by atoms with van der Waals surface area (Å²) >= 11 is 0. The fraction of sp³-hybridized carbons (Fsp3) is 0.0833. The molecule has 7 nitrogen and oxygen atoms in total. The van der Waals surface area contributed by atoms with Crippen LogP contribution in [-0.2, 0) is 0 Å². The molecule has 0 fully saturated rings. The average Bonchev–Trinajstić information content (AvgIpc) is 2.41. The molecule has 4 N–H and O–H groups in total. The second-order valence-corrected chi connectivity index (χ2v) is 3.68. The van der Waals surface area contributed by atoms with E-state index in [9.17, 15) is 9.18 Å². The van der Waals surface area contributed by atoms with E-state index in [0.717, 1.165) is 12.4 Å². The molecule has 2 rings (SSSR count). The van der Waals surface area contributed by atoms with E-state index in [1.807, 2.05) is 0 Å². The Morgan fingerprint density at radius 2 is 2.00 bits per heavy atom. The van der Waals surface area contributed by atoms with E-state index < -0.39 is 11.7 Å². The number of nitrogen functional groups attached to an aromatic ring is 1. The van der Waals surface area contributed by atoms with Gasteiger partial charge in [-0.2, -0.15) is 9.97 Å². The molecule has 0 aliphatic carbocycles. The van der Waals surface area contributed by atoms with Gasteiger partial charge in [0.05, 0.1) is 7.11 Å². The van der Waals surface area contributed by atoms with Gasteiger partial charge in [-0.1, -0.05) is 6.07 Å². The Hall–Kier alpha value is -2.90. The Morgan fingerprint density at radius 3 is 2.65 bits per heavy atom. The topological polar surface area (TPSA) is 113 Å². The molecule has 0 saturated carbocycles. The summed E-state index contributed by atoms with van der Waals surface area (Å²) in [6.45, 7) is 0. The number of hydrogen-bond donors (Lipinski definition) is 2. The van der Waals surface area contributed by atoms with Gasteiger partial charge in [0.2, 0.25) is 11.8 Å². The molecule has 0 atom stereocenters. The van der Waals surface area contributed by atoms with Crippen molar-refractivity contribution >= 4 is 11.6 Å². The fourth-order valence-electron chi connectivity index (χ4n) is 1.54. The SMILES string of the molecule is COc1ncnc(Oc2cccc(F)c2C(N)=O)c1N. The molecule has 0 spiro atoms. The predicted octanol–water partition coefficient (Wildman–Crippen LogP) is 1.10. The van der Waals surface area contributed by atoms with E-state index in [-0.39, 0.29) is 28.8 Å².